The second-order valence-electron chi connectivity index (χ2n) is 5.33. The van der Waals surface area contributed by atoms with Crippen LogP contribution in [0.3, 0.4) is 0 Å². The van der Waals surface area contributed by atoms with Crippen molar-refractivity contribution in [2.45, 2.75) is 44.4 Å². The monoisotopic (exact) mass is 278 g/mol. The van der Waals surface area contributed by atoms with Gasteiger partial charge in [0.25, 0.3) is 0 Å². The van der Waals surface area contributed by atoms with Gasteiger partial charge in [0.15, 0.2) is 0 Å². The van der Waals surface area contributed by atoms with Gasteiger partial charge in [0.1, 0.15) is 5.75 Å². The summed E-state index contributed by atoms with van der Waals surface area (Å²) in [5.41, 5.74) is 6.85. The number of amides is 1. The largest absolute Gasteiger partial charge is 0.508 e. The normalized spacial score (nSPS) is 21.4. The Balaban J connectivity index is 1.83. The Morgan fingerprint density at radius 1 is 1.50 bits per heavy atom. The number of phenols is 1. The number of hydrogen-bond donors (Lipinski definition) is 3. The second-order valence-corrected chi connectivity index (χ2v) is 5.33. The zero-order chi connectivity index (χ0) is 14.5. The predicted octanol–water partition coefficient (Wildman–Crippen LogP) is 0.946. The van der Waals surface area contributed by atoms with Crippen LogP contribution >= 0.6 is 0 Å². The van der Waals surface area contributed by atoms with Crippen LogP contribution in [0.1, 0.15) is 25.3 Å². The number of carbonyl (C=O) groups is 1. The molecule has 0 spiro atoms. The van der Waals surface area contributed by atoms with E-state index in [4.69, 9.17) is 10.5 Å². The molecule has 3 atom stereocenters. The highest BCUT2D eigenvalue weighted by molar-refractivity contribution is 5.82. The van der Waals surface area contributed by atoms with Crippen LogP contribution in [-0.4, -0.2) is 35.8 Å². The van der Waals surface area contributed by atoms with E-state index in [9.17, 15) is 9.90 Å². The van der Waals surface area contributed by atoms with Crippen molar-refractivity contribution in [3.8, 4) is 5.75 Å². The van der Waals surface area contributed by atoms with E-state index in [1.807, 2.05) is 6.92 Å². The summed E-state index contributed by atoms with van der Waals surface area (Å²) in [4.78, 5) is 12.0. The number of rotatable bonds is 5. The standard InChI is InChI=1S/C15H22N2O3/c1-10(14-3-2-8-20-14)17-15(19)13(16)9-11-4-6-12(18)7-5-11/h4-7,10,13-14,18H,2-3,8-9,16H2,1H3,(H,17,19)/t10?,13-,14?/m1/s1. The number of benzene rings is 1. The predicted molar refractivity (Wildman–Crippen MR) is 76.4 cm³/mol. The minimum atomic E-state index is -0.594. The molecular weight excluding hydrogens is 256 g/mol. The third kappa shape index (κ3) is 3.95. The summed E-state index contributed by atoms with van der Waals surface area (Å²) in [6, 6.07) is 6.11. The van der Waals surface area contributed by atoms with Crippen molar-refractivity contribution in [3.05, 3.63) is 29.8 Å². The number of phenolic OH excluding ortho intramolecular Hbond substituents is 1. The van der Waals surface area contributed by atoms with Gasteiger partial charge in [-0.05, 0) is 43.9 Å². The first-order valence-corrected chi connectivity index (χ1v) is 7.01. The lowest BCUT2D eigenvalue weighted by atomic mass is 10.0. The van der Waals surface area contributed by atoms with Gasteiger partial charge in [-0.1, -0.05) is 12.1 Å². The number of ether oxygens (including phenoxy) is 1. The fraction of sp³-hybridized carbons (Fsp3) is 0.533. The number of aromatic hydroxyl groups is 1. The highest BCUT2D eigenvalue weighted by atomic mass is 16.5. The fourth-order valence-corrected chi connectivity index (χ4v) is 2.40. The van der Waals surface area contributed by atoms with E-state index < -0.39 is 6.04 Å². The van der Waals surface area contributed by atoms with Gasteiger partial charge in [-0.25, -0.2) is 0 Å². The molecule has 0 saturated carbocycles. The van der Waals surface area contributed by atoms with Gasteiger partial charge in [-0.2, -0.15) is 0 Å². The van der Waals surface area contributed by atoms with Crippen LogP contribution in [0.25, 0.3) is 0 Å². The van der Waals surface area contributed by atoms with Crippen molar-refractivity contribution >= 4 is 5.91 Å². The van der Waals surface area contributed by atoms with Crippen molar-refractivity contribution in [2.75, 3.05) is 6.61 Å². The molecule has 1 heterocycles. The van der Waals surface area contributed by atoms with E-state index in [1.54, 1.807) is 24.3 Å². The number of hydrogen-bond acceptors (Lipinski definition) is 4. The van der Waals surface area contributed by atoms with Crippen molar-refractivity contribution in [1.82, 2.24) is 5.32 Å². The summed E-state index contributed by atoms with van der Waals surface area (Å²) in [7, 11) is 0. The second kappa shape index (κ2) is 6.72. The van der Waals surface area contributed by atoms with Crippen LogP contribution in [0.15, 0.2) is 24.3 Å². The van der Waals surface area contributed by atoms with Crippen LogP contribution in [-0.2, 0) is 16.0 Å². The smallest absolute Gasteiger partial charge is 0.237 e. The van der Waals surface area contributed by atoms with Crippen molar-refractivity contribution in [3.63, 3.8) is 0 Å². The zero-order valence-electron chi connectivity index (χ0n) is 11.7. The average Bonchev–Trinajstić information content (AvgIpc) is 2.95. The Kier molecular flexibility index (Phi) is 4.98. The van der Waals surface area contributed by atoms with Crippen molar-refractivity contribution < 1.29 is 14.6 Å². The summed E-state index contributed by atoms with van der Waals surface area (Å²) >= 11 is 0. The molecular formula is C15H22N2O3. The van der Waals surface area contributed by atoms with Crippen LogP contribution in [0.2, 0.25) is 0 Å². The Morgan fingerprint density at radius 3 is 2.80 bits per heavy atom. The molecule has 2 rings (SSSR count). The van der Waals surface area contributed by atoms with Gasteiger partial charge in [0.2, 0.25) is 5.91 Å². The van der Waals surface area contributed by atoms with Crippen LogP contribution < -0.4 is 11.1 Å². The van der Waals surface area contributed by atoms with Crippen molar-refractivity contribution in [2.24, 2.45) is 5.73 Å². The molecule has 5 nitrogen and oxygen atoms in total. The van der Waals surface area contributed by atoms with E-state index >= 15 is 0 Å². The van der Waals surface area contributed by atoms with Gasteiger partial charge in [-0.15, -0.1) is 0 Å². The Morgan fingerprint density at radius 2 is 2.20 bits per heavy atom. The first kappa shape index (κ1) is 14.8. The Hall–Kier alpha value is -1.59. The van der Waals surface area contributed by atoms with Crippen molar-refractivity contribution in [1.29, 1.82) is 0 Å². The minimum Gasteiger partial charge on any atom is -0.508 e. The zero-order valence-corrected chi connectivity index (χ0v) is 11.7. The quantitative estimate of drug-likeness (QED) is 0.748. The molecule has 5 heteroatoms. The maximum Gasteiger partial charge on any atom is 0.237 e. The molecule has 1 aromatic carbocycles. The molecule has 0 bridgehead atoms. The highest BCUT2D eigenvalue weighted by Gasteiger charge is 2.25. The molecule has 110 valence electrons. The topological polar surface area (TPSA) is 84.6 Å². The van der Waals surface area contributed by atoms with Crippen LogP contribution in [0, 0.1) is 0 Å². The molecule has 4 N–H and O–H groups in total. The lowest BCUT2D eigenvalue weighted by Gasteiger charge is -2.22. The van der Waals surface area contributed by atoms with E-state index in [0.29, 0.717) is 6.42 Å². The summed E-state index contributed by atoms with van der Waals surface area (Å²) in [6.07, 6.45) is 2.57. The summed E-state index contributed by atoms with van der Waals surface area (Å²) in [5, 5.41) is 12.1. The van der Waals surface area contributed by atoms with Gasteiger partial charge in [0.05, 0.1) is 18.2 Å². The maximum absolute atomic E-state index is 12.0. The van der Waals surface area contributed by atoms with Gasteiger partial charge in [-0.3, -0.25) is 4.79 Å². The molecule has 0 aliphatic carbocycles. The Bertz CT molecular complexity index is 441. The molecule has 1 saturated heterocycles. The molecule has 1 aliphatic heterocycles. The van der Waals surface area contributed by atoms with Gasteiger partial charge < -0.3 is 20.9 Å². The lowest BCUT2D eigenvalue weighted by Crippen LogP contribution is -2.49. The number of carbonyl (C=O) groups excluding carboxylic acids is 1. The fourth-order valence-electron chi connectivity index (χ4n) is 2.40. The SMILES string of the molecule is CC(NC(=O)[C@H](N)Cc1ccc(O)cc1)C1CCCO1. The Labute approximate surface area is 119 Å². The first-order valence-electron chi connectivity index (χ1n) is 7.01. The number of nitrogens with two attached hydrogens (primary N) is 1. The summed E-state index contributed by atoms with van der Waals surface area (Å²) < 4.78 is 5.54. The molecule has 1 fully saturated rings. The van der Waals surface area contributed by atoms with Gasteiger partial charge in [0, 0.05) is 6.61 Å². The average molecular weight is 278 g/mol. The molecule has 1 aromatic rings. The van der Waals surface area contributed by atoms with Crippen LogP contribution in [0.4, 0.5) is 0 Å². The van der Waals surface area contributed by atoms with Crippen LogP contribution in [0.5, 0.6) is 5.75 Å². The van der Waals surface area contributed by atoms with E-state index in [0.717, 1.165) is 25.0 Å². The van der Waals surface area contributed by atoms with E-state index in [2.05, 4.69) is 5.32 Å². The first-order chi connectivity index (χ1) is 9.56. The molecule has 0 radical (unpaired) electrons. The van der Waals surface area contributed by atoms with E-state index in [1.165, 1.54) is 0 Å². The molecule has 0 aromatic heterocycles. The molecule has 20 heavy (non-hydrogen) atoms. The lowest BCUT2D eigenvalue weighted by molar-refractivity contribution is -0.123. The third-order valence-corrected chi connectivity index (χ3v) is 3.62. The maximum atomic E-state index is 12.0. The molecule has 1 aliphatic rings. The summed E-state index contributed by atoms with van der Waals surface area (Å²) in [5.74, 6) is 0.0415. The number of nitrogens with one attached hydrogen (secondary N) is 1. The summed E-state index contributed by atoms with van der Waals surface area (Å²) in [6.45, 7) is 2.71. The highest BCUT2D eigenvalue weighted by Crippen LogP contribution is 2.15. The van der Waals surface area contributed by atoms with E-state index in [-0.39, 0.29) is 23.8 Å². The third-order valence-electron chi connectivity index (χ3n) is 3.62. The molecule has 1 amide bonds. The van der Waals surface area contributed by atoms with Gasteiger partial charge >= 0.3 is 0 Å². The molecule has 2 unspecified atom stereocenters. The minimum absolute atomic E-state index is 0.0177.